The number of carbonyl (C=O) groups is 1. The molecule has 1 N–H and O–H groups in total. The highest BCUT2D eigenvalue weighted by Crippen LogP contribution is 2.66. The molecular formula is C18H28O2. The average molecular weight is 276 g/mol. The van der Waals surface area contributed by atoms with Crippen molar-refractivity contribution >= 4 is 5.78 Å². The third-order valence-electron chi connectivity index (χ3n) is 8.07. The number of hydrogen-bond donors (Lipinski definition) is 1. The minimum Gasteiger partial charge on any atom is -0.393 e. The quantitative estimate of drug-likeness (QED) is 0.734. The van der Waals surface area contributed by atoms with E-state index in [2.05, 4.69) is 13.8 Å². The van der Waals surface area contributed by atoms with Gasteiger partial charge in [0.15, 0.2) is 0 Å². The molecule has 7 atom stereocenters. The van der Waals surface area contributed by atoms with Gasteiger partial charge < -0.3 is 5.11 Å². The van der Waals surface area contributed by atoms with Crippen molar-refractivity contribution in [1.82, 2.24) is 0 Å². The summed E-state index contributed by atoms with van der Waals surface area (Å²) in [4.78, 5) is 12.0. The Morgan fingerprint density at radius 2 is 1.75 bits per heavy atom. The molecule has 4 fully saturated rings. The molecule has 4 aliphatic rings. The van der Waals surface area contributed by atoms with Gasteiger partial charge in [-0.15, -0.1) is 0 Å². The molecule has 0 spiro atoms. The largest absolute Gasteiger partial charge is 0.393 e. The second-order valence-electron chi connectivity index (χ2n) is 8.71. The van der Waals surface area contributed by atoms with E-state index in [-0.39, 0.29) is 16.9 Å². The van der Waals surface area contributed by atoms with E-state index in [9.17, 15) is 9.90 Å². The fourth-order valence-electron chi connectivity index (χ4n) is 6.89. The van der Waals surface area contributed by atoms with E-state index in [1.807, 2.05) is 0 Å². The van der Waals surface area contributed by atoms with E-state index in [1.54, 1.807) is 0 Å². The molecule has 4 rings (SSSR count). The summed E-state index contributed by atoms with van der Waals surface area (Å²) < 4.78 is 0. The van der Waals surface area contributed by atoms with Gasteiger partial charge in [0.25, 0.3) is 0 Å². The lowest BCUT2D eigenvalue weighted by atomic mass is 9.48. The Bertz CT molecular complexity index is 445. The van der Waals surface area contributed by atoms with Crippen molar-refractivity contribution in [3.05, 3.63) is 0 Å². The lowest BCUT2D eigenvalue weighted by Gasteiger charge is -2.56. The lowest BCUT2D eigenvalue weighted by molar-refractivity contribution is -0.119. The molecule has 0 bridgehead atoms. The number of aliphatic hydroxyl groups excluding tert-OH is 1. The number of carbonyl (C=O) groups excluding carboxylic acids is 1. The van der Waals surface area contributed by atoms with Crippen LogP contribution in [0.15, 0.2) is 0 Å². The van der Waals surface area contributed by atoms with Gasteiger partial charge in [-0.25, -0.2) is 0 Å². The normalized spacial score (nSPS) is 58.1. The van der Waals surface area contributed by atoms with Crippen molar-refractivity contribution in [3.63, 3.8) is 0 Å². The van der Waals surface area contributed by atoms with E-state index in [1.165, 1.54) is 32.1 Å². The van der Waals surface area contributed by atoms with Crippen molar-refractivity contribution in [2.75, 3.05) is 0 Å². The van der Waals surface area contributed by atoms with E-state index in [0.29, 0.717) is 17.6 Å². The summed E-state index contributed by atoms with van der Waals surface area (Å²) in [5, 5.41) is 10.4. The van der Waals surface area contributed by atoms with Gasteiger partial charge in [-0.3, -0.25) is 4.79 Å². The monoisotopic (exact) mass is 276 g/mol. The fourth-order valence-corrected chi connectivity index (χ4v) is 6.89. The zero-order chi connectivity index (χ0) is 14.1. The van der Waals surface area contributed by atoms with Crippen LogP contribution in [0, 0.1) is 34.5 Å². The van der Waals surface area contributed by atoms with Crippen molar-refractivity contribution in [2.24, 2.45) is 34.5 Å². The van der Waals surface area contributed by atoms with E-state index in [4.69, 9.17) is 0 Å². The Labute approximate surface area is 122 Å². The van der Waals surface area contributed by atoms with Gasteiger partial charge in [-0.05, 0) is 73.0 Å². The molecule has 0 aromatic heterocycles. The number of ketones is 1. The Balaban J connectivity index is 1.67. The minimum absolute atomic E-state index is 0.0795. The molecule has 0 aromatic rings. The van der Waals surface area contributed by atoms with Crippen LogP contribution in [0.2, 0.25) is 0 Å². The van der Waals surface area contributed by atoms with Crippen molar-refractivity contribution in [2.45, 2.75) is 71.3 Å². The second-order valence-corrected chi connectivity index (χ2v) is 8.71. The molecule has 4 aliphatic carbocycles. The van der Waals surface area contributed by atoms with Crippen LogP contribution < -0.4 is 0 Å². The van der Waals surface area contributed by atoms with Crippen molar-refractivity contribution in [1.29, 1.82) is 0 Å². The molecule has 0 heterocycles. The number of hydrogen-bond acceptors (Lipinski definition) is 2. The molecule has 0 aromatic carbocycles. The third-order valence-corrected chi connectivity index (χ3v) is 8.07. The first kappa shape index (κ1) is 13.3. The Hall–Kier alpha value is -0.370. The molecule has 2 nitrogen and oxygen atoms in total. The predicted molar refractivity (Wildman–Crippen MR) is 78.1 cm³/mol. The number of rotatable bonds is 0. The van der Waals surface area contributed by atoms with Gasteiger partial charge in [-0.1, -0.05) is 13.8 Å². The molecule has 20 heavy (non-hydrogen) atoms. The van der Waals surface area contributed by atoms with Gasteiger partial charge in [0.1, 0.15) is 5.78 Å². The van der Waals surface area contributed by atoms with Crippen LogP contribution in [-0.2, 0) is 4.79 Å². The molecule has 2 heteroatoms. The Morgan fingerprint density at radius 3 is 2.55 bits per heavy atom. The van der Waals surface area contributed by atoms with Gasteiger partial charge in [0.2, 0.25) is 0 Å². The zero-order valence-corrected chi connectivity index (χ0v) is 12.9. The maximum absolute atomic E-state index is 12.0. The summed E-state index contributed by atoms with van der Waals surface area (Å²) in [5.41, 5.74) is 0.460. The maximum atomic E-state index is 12.0. The SMILES string of the molecule is C[C@]12CC(=O)C[C@@H]1CC[C@@H]1[C@H]2CC[C@@]2(C)[C@@H]1CC[C@@H]2O. The second kappa shape index (κ2) is 4.09. The molecule has 0 aliphatic heterocycles. The van der Waals surface area contributed by atoms with Gasteiger partial charge in [-0.2, -0.15) is 0 Å². The smallest absolute Gasteiger partial charge is 0.133 e. The van der Waals surface area contributed by atoms with E-state index < -0.39 is 0 Å². The summed E-state index contributed by atoms with van der Waals surface area (Å²) in [6.45, 7) is 4.74. The highest BCUT2D eigenvalue weighted by atomic mass is 16.3. The summed E-state index contributed by atoms with van der Waals surface area (Å²) in [5.74, 6) is 3.41. The van der Waals surface area contributed by atoms with Gasteiger partial charge in [0.05, 0.1) is 6.10 Å². The van der Waals surface area contributed by atoms with Gasteiger partial charge >= 0.3 is 0 Å². The van der Waals surface area contributed by atoms with Crippen LogP contribution in [0.5, 0.6) is 0 Å². The first-order valence-corrected chi connectivity index (χ1v) is 8.65. The Morgan fingerprint density at radius 1 is 1.00 bits per heavy atom. The van der Waals surface area contributed by atoms with Crippen LogP contribution in [0.3, 0.4) is 0 Å². The standard InChI is InChI=1S/C18H28O2/c1-17-8-7-15-13(14(17)5-6-16(17)20)4-3-11-9-12(19)10-18(11,15)2/h11,13-16,20H,3-10H2,1-2H3/t11-,13-,14+,15+,16-,17-,18-/m0/s1. The highest BCUT2D eigenvalue weighted by Gasteiger charge is 2.61. The lowest BCUT2D eigenvalue weighted by Crippen LogP contribution is -2.51. The molecule has 0 amide bonds. The van der Waals surface area contributed by atoms with Crippen LogP contribution in [-0.4, -0.2) is 17.0 Å². The number of aliphatic hydroxyl groups is 1. The number of Topliss-reactive ketones (excluding diaryl/α,β-unsaturated/α-hetero) is 1. The van der Waals surface area contributed by atoms with Crippen LogP contribution >= 0.6 is 0 Å². The summed E-state index contributed by atoms with van der Waals surface area (Å²) in [6.07, 6.45) is 8.82. The molecule has 0 radical (unpaired) electrons. The molecule has 4 saturated carbocycles. The van der Waals surface area contributed by atoms with E-state index >= 15 is 0 Å². The Kier molecular flexibility index (Phi) is 2.72. The topological polar surface area (TPSA) is 37.3 Å². The molecule has 0 unspecified atom stereocenters. The highest BCUT2D eigenvalue weighted by molar-refractivity contribution is 5.82. The number of fused-ring (bicyclic) bond motifs is 5. The maximum Gasteiger partial charge on any atom is 0.133 e. The first-order valence-electron chi connectivity index (χ1n) is 8.65. The fraction of sp³-hybridized carbons (Fsp3) is 0.944. The van der Waals surface area contributed by atoms with E-state index in [0.717, 1.165) is 31.1 Å². The summed E-state index contributed by atoms with van der Waals surface area (Å²) >= 11 is 0. The molecule has 112 valence electrons. The van der Waals surface area contributed by atoms with Crippen LogP contribution in [0.1, 0.15) is 65.2 Å². The first-order chi connectivity index (χ1) is 9.45. The summed E-state index contributed by atoms with van der Waals surface area (Å²) in [6, 6.07) is 0. The van der Waals surface area contributed by atoms with Crippen molar-refractivity contribution < 1.29 is 9.90 Å². The minimum atomic E-state index is -0.0795. The van der Waals surface area contributed by atoms with Crippen LogP contribution in [0.25, 0.3) is 0 Å². The predicted octanol–water partition coefficient (Wildman–Crippen LogP) is 3.57. The molecule has 0 saturated heterocycles. The van der Waals surface area contributed by atoms with Crippen molar-refractivity contribution in [3.8, 4) is 0 Å². The van der Waals surface area contributed by atoms with Gasteiger partial charge in [0, 0.05) is 12.8 Å². The summed E-state index contributed by atoms with van der Waals surface area (Å²) in [7, 11) is 0. The zero-order valence-electron chi connectivity index (χ0n) is 12.9. The third kappa shape index (κ3) is 1.52. The van der Waals surface area contributed by atoms with Crippen LogP contribution in [0.4, 0.5) is 0 Å². The average Bonchev–Trinajstić information content (AvgIpc) is 2.86. The molecular weight excluding hydrogens is 248 g/mol.